The summed E-state index contributed by atoms with van der Waals surface area (Å²) in [5.41, 5.74) is 3.89. The van der Waals surface area contributed by atoms with Crippen molar-refractivity contribution in [3.05, 3.63) is 59.9 Å². The van der Waals surface area contributed by atoms with Gasteiger partial charge in [0.05, 0.1) is 6.20 Å². The highest BCUT2D eigenvalue weighted by molar-refractivity contribution is 14.0. The summed E-state index contributed by atoms with van der Waals surface area (Å²) in [5, 5.41) is 7.82. The quantitative estimate of drug-likeness (QED) is 0.293. The van der Waals surface area contributed by atoms with Gasteiger partial charge in [0.2, 0.25) is 0 Å². The van der Waals surface area contributed by atoms with Gasteiger partial charge in [0, 0.05) is 58.7 Å². The lowest BCUT2D eigenvalue weighted by Gasteiger charge is -2.22. The number of nitrogens with zero attached hydrogens (tertiary/aromatic N) is 5. The molecule has 3 heterocycles. The Kier molecular flexibility index (Phi) is 7.57. The molecule has 1 atom stereocenters. The van der Waals surface area contributed by atoms with Crippen molar-refractivity contribution < 1.29 is 0 Å². The first kappa shape index (κ1) is 21.7. The van der Waals surface area contributed by atoms with E-state index in [2.05, 4.69) is 67.8 Å². The summed E-state index contributed by atoms with van der Waals surface area (Å²) in [6, 6.07) is 8.85. The molecule has 0 aliphatic carbocycles. The summed E-state index contributed by atoms with van der Waals surface area (Å²) in [6.07, 6.45) is 10.8. The summed E-state index contributed by atoms with van der Waals surface area (Å²) < 4.78 is 1.88. The molecule has 2 aromatic rings. The van der Waals surface area contributed by atoms with Gasteiger partial charge in [0.25, 0.3) is 0 Å². The van der Waals surface area contributed by atoms with Gasteiger partial charge in [-0.05, 0) is 42.0 Å². The Labute approximate surface area is 190 Å². The highest BCUT2D eigenvalue weighted by Crippen LogP contribution is 2.21. The number of aromatic nitrogens is 2. The molecule has 4 rings (SSSR count). The van der Waals surface area contributed by atoms with Gasteiger partial charge in [-0.25, -0.2) is 0 Å². The van der Waals surface area contributed by atoms with Crippen LogP contribution >= 0.6 is 24.0 Å². The molecule has 1 saturated heterocycles. The fourth-order valence-electron chi connectivity index (χ4n) is 4.13. The highest BCUT2D eigenvalue weighted by atomic mass is 127. The highest BCUT2D eigenvalue weighted by Gasteiger charge is 2.25. The van der Waals surface area contributed by atoms with Crippen LogP contribution in [0.3, 0.4) is 0 Å². The molecular weight excluding hydrogens is 475 g/mol. The van der Waals surface area contributed by atoms with Crippen LogP contribution in [0.5, 0.6) is 0 Å². The maximum atomic E-state index is 4.51. The van der Waals surface area contributed by atoms with Crippen molar-refractivity contribution in [2.24, 2.45) is 18.0 Å². The Balaban J connectivity index is 0.00000240. The Morgan fingerprint density at radius 2 is 1.93 bits per heavy atom. The van der Waals surface area contributed by atoms with E-state index in [0.29, 0.717) is 5.92 Å². The van der Waals surface area contributed by atoms with E-state index >= 15 is 0 Å². The number of hydrogen-bond acceptors (Lipinski definition) is 3. The molecule has 7 heteroatoms. The lowest BCUT2D eigenvalue weighted by molar-refractivity contribution is 0.459. The molecule has 0 radical (unpaired) electrons. The topological polar surface area (TPSA) is 48.7 Å². The second-order valence-electron chi connectivity index (χ2n) is 7.77. The summed E-state index contributed by atoms with van der Waals surface area (Å²) in [6.45, 7) is 4.94. The molecule has 1 unspecified atom stereocenters. The molecule has 0 amide bonds. The van der Waals surface area contributed by atoms with Crippen LogP contribution in [0.4, 0.5) is 5.69 Å². The third-order valence-corrected chi connectivity index (χ3v) is 5.65. The van der Waals surface area contributed by atoms with Crippen LogP contribution in [0.1, 0.15) is 17.5 Å². The minimum atomic E-state index is 0. The number of aliphatic imine (C=N–C) groups is 1. The number of anilines is 1. The van der Waals surface area contributed by atoms with E-state index < -0.39 is 0 Å². The summed E-state index contributed by atoms with van der Waals surface area (Å²) in [5.74, 6) is 1.66. The van der Waals surface area contributed by atoms with E-state index in [1.165, 1.54) is 23.2 Å². The van der Waals surface area contributed by atoms with Gasteiger partial charge in [-0.15, -0.1) is 24.0 Å². The zero-order valence-corrected chi connectivity index (χ0v) is 19.6. The van der Waals surface area contributed by atoms with E-state index in [0.717, 1.165) is 45.1 Å². The van der Waals surface area contributed by atoms with Crippen LogP contribution in [-0.2, 0) is 20.0 Å². The third-order valence-electron chi connectivity index (χ3n) is 5.65. The average molecular weight is 506 g/mol. The zero-order valence-electron chi connectivity index (χ0n) is 17.3. The van der Waals surface area contributed by atoms with Crippen molar-refractivity contribution >= 4 is 35.6 Å². The molecule has 29 heavy (non-hydrogen) atoms. The van der Waals surface area contributed by atoms with E-state index in [-0.39, 0.29) is 24.0 Å². The first-order valence-corrected chi connectivity index (χ1v) is 10.1. The van der Waals surface area contributed by atoms with Crippen LogP contribution in [0.2, 0.25) is 0 Å². The van der Waals surface area contributed by atoms with Crippen molar-refractivity contribution in [3.63, 3.8) is 0 Å². The maximum Gasteiger partial charge on any atom is 0.193 e. The molecule has 6 nitrogen and oxygen atoms in total. The number of hydrogen-bond donors (Lipinski definition) is 1. The van der Waals surface area contributed by atoms with Crippen molar-refractivity contribution in [1.82, 2.24) is 20.0 Å². The van der Waals surface area contributed by atoms with E-state index in [1.54, 1.807) is 0 Å². The van der Waals surface area contributed by atoms with Gasteiger partial charge in [0.15, 0.2) is 5.96 Å². The third kappa shape index (κ3) is 5.52. The SMILES string of the molecule is CN=C(NCc1ccc(N2CC=CC2)cc1)N1CCC(Cc2cnn(C)c2)C1.I. The van der Waals surface area contributed by atoms with Crippen LogP contribution < -0.4 is 10.2 Å². The van der Waals surface area contributed by atoms with Crippen LogP contribution in [0, 0.1) is 5.92 Å². The monoisotopic (exact) mass is 506 g/mol. The second kappa shape index (κ2) is 10.1. The number of nitrogens with one attached hydrogen (secondary N) is 1. The summed E-state index contributed by atoms with van der Waals surface area (Å²) in [4.78, 5) is 9.25. The predicted molar refractivity (Wildman–Crippen MR) is 130 cm³/mol. The minimum Gasteiger partial charge on any atom is -0.364 e. The first-order chi connectivity index (χ1) is 13.7. The van der Waals surface area contributed by atoms with Gasteiger partial charge in [0.1, 0.15) is 0 Å². The largest absolute Gasteiger partial charge is 0.364 e. The van der Waals surface area contributed by atoms with E-state index in [1.807, 2.05) is 25.0 Å². The van der Waals surface area contributed by atoms with E-state index in [9.17, 15) is 0 Å². The summed E-state index contributed by atoms with van der Waals surface area (Å²) >= 11 is 0. The molecule has 0 spiro atoms. The molecule has 1 aromatic heterocycles. The number of guanidine groups is 1. The number of halogens is 1. The molecule has 156 valence electrons. The molecule has 1 aromatic carbocycles. The van der Waals surface area contributed by atoms with Gasteiger partial charge in [-0.3, -0.25) is 9.67 Å². The number of benzene rings is 1. The standard InChI is InChI=1S/C22H30N6.HI/c1-23-22(28-12-9-19(17-28)13-20-15-25-26(2)16-20)24-14-18-5-7-21(8-6-18)27-10-3-4-11-27;/h3-8,15-16,19H,9-14,17H2,1-2H3,(H,23,24);1H. The smallest absolute Gasteiger partial charge is 0.193 e. The van der Waals surface area contributed by atoms with Gasteiger partial charge < -0.3 is 15.1 Å². The minimum absolute atomic E-state index is 0. The molecule has 0 saturated carbocycles. The lowest BCUT2D eigenvalue weighted by Crippen LogP contribution is -2.39. The molecule has 1 N–H and O–H groups in total. The first-order valence-electron chi connectivity index (χ1n) is 10.1. The van der Waals surface area contributed by atoms with Gasteiger partial charge >= 0.3 is 0 Å². The van der Waals surface area contributed by atoms with Crippen molar-refractivity contribution in [3.8, 4) is 0 Å². The van der Waals surface area contributed by atoms with E-state index in [4.69, 9.17) is 0 Å². The molecule has 2 aliphatic heterocycles. The van der Waals surface area contributed by atoms with Crippen LogP contribution in [0.25, 0.3) is 0 Å². The fraction of sp³-hybridized carbons (Fsp3) is 0.455. The van der Waals surface area contributed by atoms with Gasteiger partial charge in [-0.2, -0.15) is 5.10 Å². The Morgan fingerprint density at radius 3 is 2.59 bits per heavy atom. The Morgan fingerprint density at radius 1 is 1.17 bits per heavy atom. The number of rotatable bonds is 5. The maximum absolute atomic E-state index is 4.51. The van der Waals surface area contributed by atoms with Crippen LogP contribution in [0.15, 0.2) is 53.8 Å². The summed E-state index contributed by atoms with van der Waals surface area (Å²) in [7, 11) is 3.85. The predicted octanol–water partition coefficient (Wildman–Crippen LogP) is 3.05. The lowest BCUT2D eigenvalue weighted by atomic mass is 10.0. The van der Waals surface area contributed by atoms with Crippen molar-refractivity contribution in [2.75, 3.05) is 38.1 Å². The fourth-order valence-corrected chi connectivity index (χ4v) is 4.13. The second-order valence-corrected chi connectivity index (χ2v) is 7.77. The Hall–Kier alpha value is -2.03. The molecular formula is C22H31IN6. The van der Waals surface area contributed by atoms with Crippen molar-refractivity contribution in [1.29, 1.82) is 0 Å². The average Bonchev–Trinajstić information content (AvgIpc) is 3.46. The molecule has 0 bridgehead atoms. The van der Waals surface area contributed by atoms with Crippen molar-refractivity contribution in [2.45, 2.75) is 19.4 Å². The van der Waals surface area contributed by atoms with Gasteiger partial charge in [-0.1, -0.05) is 24.3 Å². The number of likely N-dealkylation sites (tertiary alicyclic amines) is 1. The Bertz CT molecular complexity index is 833. The van der Waals surface area contributed by atoms with Crippen LogP contribution in [-0.4, -0.2) is 53.9 Å². The zero-order chi connectivity index (χ0) is 19.3. The normalized spacial score (nSPS) is 19.0. The molecule has 1 fully saturated rings. The molecule has 2 aliphatic rings. The number of aryl methyl sites for hydroxylation is 1.